The van der Waals surface area contributed by atoms with E-state index in [1.54, 1.807) is 11.1 Å². The van der Waals surface area contributed by atoms with E-state index >= 15 is 0 Å². The molecule has 98 valence electrons. The lowest BCUT2D eigenvalue weighted by Gasteiger charge is -2.28. The van der Waals surface area contributed by atoms with Gasteiger partial charge in [-0.1, -0.05) is 5.57 Å². The van der Waals surface area contributed by atoms with Crippen molar-refractivity contribution in [1.29, 1.82) is 0 Å². The van der Waals surface area contributed by atoms with E-state index in [9.17, 15) is 13.2 Å². The average molecular weight is 258 g/mol. The number of piperidine rings is 1. The maximum absolute atomic E-state index is 12.5. The SMILES string of the molecule is NC=C1CCN(c2nccc(C(F)(F)F)n2)CC1. The molecule has 1 fully saturated rings. The minimum Gasteiger partial charge on any atom is -0.405 e. The van der Waals surface area contributed by atoms with Crippen LogP contribution in [0.15, 0.2) is 24.0 Å². The van der Waals surface area contributed by atoms with Crippen LogP contribution in [0.5, 0.6) is 0 Å². The molecule has 0 radical (unpaired) electrons. The Morgan fingerprint density at radius 3 is 2.50 bits per heavy atom. The van der Waals surface area contributed by atoms with Crippen LogP contribution < -0.4 is 10.6 Å². The lowest BCUT2D eigenvalue weighted by Crippen LogP contribution is -2.32. The number of halogens is 3. The van der Waals surface area contributed by atoms with Crippen LogP contribution in [0.25, 0.3) is 0 Å². The predicted octanol–water partition coefficient (Wildman–Crippen LogP) is 1.94. The average Bonchev–Trinajstić information content (AvgIpc) is 2.38. The molecule has 0 amide bonds. The fourth-order valence-corrected chi connectivity index (χ4v) is 1.82. The van der Waals surface area contributed by atoms with E-state index in [4.69, 9.17) is 5.73 Å². The van der Waals surface area contributed by atoms with Crippen molar-refractivity contribution in [3.8, 4) is 0 Å². The van der Waals surface area contributed by atoms with Gasteiger partial charge in [-0.15, -0.1) is 0 Å². The van der Waals surface area contributed by atoms with Crippen molar-refractivity contribution in [2.24, 2.45) is 5.73 Å². The largest absolute Gasteiger partial charge is 0.433 e. The Morgan fingerprint density at radius 2 is 1.94 bits per heavy atom. The first-order chi connectivity index (χ1) is 8.50. The standard InChI is InChI=1S/C11H13F3N4/c12-11(13,14)9-1-4-16-10(17-9)18-5-2-8(7-15)3-6-18/h1,4,7H,2-3,5-6,15H2. The molecule has 1 saturated heterocycles. The Hall–Kier alpha value is -1.79. The number of alkyl halides is 3. The van der Waals surface area contributed by atoms with E-state index in [0.29, 0.717) is 13.1 Å². The van der Waals surface area contributed by atoms with Gasteiger partial charge in [0.25, 0.3) is 0 Å². The summed E-state index contributed by atoms with van der Waals surface area (Å²) in [6, 6.07) is 0.874. The minimum absolute atomic E-state index is 0.126. The predicted molar refractivity (Wildman–Crippen MR) is 60.8 cm³/mol. The summed E-state index contributed by atoms with van der Waals surface area (Å²) in [7, 11) is 0. The molecule has 0 unspecified atom stereocenters. The van der Waals surface area contributed by atoms with E-state index in [0.717, 1.165) is 30.7 Å². The molecule has 2 N–H and O–H groups in total. The van der Waals surface area contributed by atoms with Gasteiger partial charge < -0.3 is 10.6 Å². The summed E-state index contributed by atoms with van der Waals surface area (Å²) in [4.78, 5) is 9.19. The Balaban J connectivity index is 2.15. The zero-order chi connectivity index (χ0) is 13.2. The summed E-state index contributed by atoms with van der Waals surface area (Å²) in [6.07, 6.45) is -0.272. The fraction of sp³-hybridized carbons (Fsp3) is 0.455. The van der Waals surface area contributed by atoms with Crippen LogP contribution in [0.1, 0.15) is 18.5 Å². The van der Waals surface area contributed by atoms with E-state index in [1.807, 2.05) is 0 Å². The van der Waals surface area contributed by atoms with Gasteiger partial charge in [0.1, 0.15) is 5.69 Å². The van der Waals surface area contributed by atoms with Gasteiger partial charge in [-0.25, -0.2) is 9.97 Å². The van der Waals surface area contributed by atoms with Gasteiger partial charge in [-0.2, -0.15) is 13.2 Å². The molecule has 18 heavy (non-hydrogen) atoms. The van der Waals surface area contributed by atoms with Crippen LogP contribution >= 0.6 is 0 Å². The molecule has 0 aliphatic carbocycles. The molecule has 1 aliphatic heterocycles. The van der Waals surface area contributed by atoms with Gasteiger partial charge in [0.2, 0.25) is 5.95 Å². The highest BCUT2D eigenvalue weighted by atomic mass is 19.4. The highest BCUT2D eigenvalue weighted by Crippen LogP contribution is 2.28. The quantitative estimate of drug-likeness (QED) is 0.836. The van der Waals surface area contributed by atoms with Gasteiger partial charge in [0.05, 0.1) is 0 Å². The minimum atomic E-state index is -4.43. The summed E-state index contributed by atoms with van der Waals surface area (Å²) in [6.45, 7) is 1.18. The molecule has 2 rings (SSSR count). The van der Waals surface area contributed by atoms with Gasteiger partial charge in [0, 0.05) is 19.3 Å². The Bertz CT molecular complexity index is 446. The summed E-state index contributed by atoms with van der Waals surface area (Å²) in [5, 5.41) is 0. The van der Waals surface area contributed by atoms with Crippen molar-refractivity contribution < 1.29 is 13.2 Å². The highest BCUT2D eigenvalue weighted by Gasteiger charge is 2.33. The smallest absolute Gasteiger partial charge is 0.405 e. The van der Waals surface area contributed by atoms with Crippen LogP contribution in [-0.2, 0) is 6.18 Å². The molecule has 0 aromatic carbocycles. The van der Waals surface area contributed by atoms with Crippen LogP contribution in [0.4, 0.5) is 19.1 Å². The zero-order valence-corrected chi connectivity index (χ0v) is 9.61. The molecule has 2 heterocycles. The maximum Gasteiger partial charge on any atom is 0.433 e. The number of aromatic nitrogens is 2. The molecule has 0 saturated carbocycles. The number of anilines is 1. The molecule has 1 aromatic rings. The Labute approximate surface area is 102 Å². The molecule has 0 atom stereocenters. The zero-order valence-electron chi connectivity index (χ0n) is 9.61. The third kappa shape index (κ3) is 2.72. The molecule has 4 nitrogen and oxygen atoms in total. The number of nitrogens with two attached hydrogens (primary N) is 1. The highest BCUT2D eigenvalue weighted by molar-refractivity contribution is 5.33. The normalized spacial score (nSPS) is 16.8. The first-order valence-corrected chi connectivity index (χ1v) is 5.55. The third-order valence-corrected chi connectivity index (χ3v) is 2.86. The van der Waals surface area contributed by atoms with E-state index in [-0.39, 0.29) is 5.95 Å². The summed E-state index contributed by atoms with van der Waals surface area (Å²) >= 11 is 0. The first kappa shape index (κ1) is 12.7. The van der Waals surface area contributed by atoms with Crippen molar-refractivity contribution in [1.82, 2.24) is 9.97 Å². The van der Waals surface area contributed by atoms with Crippen LogP contribution in [0.2, 0.25) is 0 Å². The van der Waals surface area contributed by atoms with Gasteiger partial charge in [-0.05, 0) is 25.1 Å². The lowest BCUT2D eigenvalue weighted by atomic mass is 10.1. The van der Waals surface area contributed by atoms with Crippen molar-refractivity contribution >= 4 is 5.95 Å². The van der Waals surface area contributed by atoms with Gasteiger partial charge >= 0.3 is 6.18 Å². The Morgan fingerprint density at radius 1 is 1.28 bits per heavy atom. The maximum atomic E-state index is 12.5. The molecular formula is C11H13F3N4. The van der Waals surface area contributed by atoms with Crippen LogP contribution in [0, 0.1) is 0 Å². The number of nitrogens with zero attached hydrogens (tertiary/aromatic N) is 3. The topological polar surface area (TPSA) is 55.0 Å². The number of hydrogen-bond donors (Lipinski definition) is 1. The number of rotatable bonds is 1. The van der Waals surface area contributed by atoms with Crippen molar-refractivity contribution in [3.63, 3.8) is 0 Å². The fourth-order valence-electron chi connectivity index (χ4n) is 1.82. The molecule has 0 bridgehead atoms. The summed E-state index contributed by atoms with van der Waals surface area (Å²) < 4.78 is 37.6. The molecular weight excluding hydrogens is 245 g/mol. The van der Waals surface area contributed by atoms with E-state index in [1.165, 1.54) is 0 Å². The van der Waals surface area contributed by atoms with Crippen molar-refractivity contribution in [3.05, 3.63) is 29.7 Å². The first-order valence-electron chi connectivity index (χ1n) is 5.55. The van der Waals surface area contributed by atoms with Crippen LogP contribution in [-0.4, -0.2) is 23.1 Å². The Kier molecular flexibility index (Phi) is 3.40. The molecule has 7 heteroatoms. The molecule has 0 spiro atoms. The summed E-state index contributed by atoms with van der Waals surface area (Å²) in [5.41, 5.74) is 5.61. The monoisotopic (exact) mass is 258 g/mol. The number of hydrogen-bond acceptors (Lipinski definition) is 4. The van der Waals surface area contributed by atoms with Crippen molar-refractivity contribution in [2.75, 3.05) is 18.0 Å². The molecule has 1 aromatic heterocycles. The van der Waals surface area contributed by atoms with Crippen LogP contribution in [0.3, 0.4) is 0 Å². The second-order valence-corrected chi connectivity index (χ2v) is 4.05. The van der Waals surface area contributed by atoms with Gasteiger partial charge in [-0.3, -0.25) is 0 Å². The second kappa shape index (κ2) is 4.83. The van der Waals surface area contributed by atoms with E-state index < -0.39 is 11.9 Å². The third-order valence-electron chi connectivity index (χ3n) is 2.86. The van der Waals surface area contributed by atoms with Gasteiger partial charge in [0.15, 0.2) is 0 Å². The molecule has 1 aliphatic rings. The second-order valence-electron chi connectivity index (χ2n) is 4.05. The van der Waals surface area contributed by atoms with E-state index in [2.05, 4.69) is 9.97 Å². The lowest BCUT2D eigenvalue weighted by molar-refractivity contribution is -0.141. The van der Waals surface area contributed by atoms with Crippen molar-refractivity contribution in [2.45, 2.75) is 19.0 Å². The summed E-state index contributed by atoms with van der Waals surface area (Å²) in [5.74, 6) is 0.126.